The summed E-state index contributed by atoms with van der Waals surface area (Å²) in [5.74, 6) is -14.9. The van der Waals surface area contributed by atoms with E-state index in [4.69, 9.17) is 22.9 Å². The summed E-state index contributed by atoms with van der Waals surface area (Å²) in [5, 5.41) is 71.1. The zero-order chi connectivity index (χ0) is 77.4. The number of benzene rings is 4. The lowest BCUT2D eigenvalue weighted by molar-refractivity contribution is -0.142. The van der Waals surface area contributed by atoms with Crippen molar-refractivity contribution in [1.82, 2.24) is 63.5 Å². The smallest absolute Gasteiger partial charge is 0.327 e. The number of primary amides is 1. The summed E-state index contributed by atoms with van der Waals surface area (Å²) in [6.07, 6.45) is -2.78. The molecule has 33 nitrogen and oxygen atoms in total. The molecule has 0 bridgehead atoms. The van der Waals surface area contributed by atoms with Crippen LogP contribution in [0.15, 0.2) is 121 Å². The second kappa shape index (κ2) is 43.4. The van der Waals surface area contributed by atoms with Gasteiger partial charge in [-0.05, 0) is 93.8 Å². The van der Waals surface area contributed by atoms with Crippen molar-refractivity contribution in [3.63, 3.8) is 0 Å². The lowest BCUT2D eigenvalue weighted by Crippen LogP contribution is -2.63. The second-order valence-electron chi connectivity index (χ2n) is 25.6. The molecule has 1 fully saturated rings. The number of carboxylic acid groups (broad SMARTS) is 1. The topological polar surface area (TPSA) is 555 Å². The molecule has 1 aliphatic heterocycles. The molecule has 4 aromatic carbocycles. The van der Waals surface area contributed by atoms with Gasteiger partial charge in [0.1, 0.15) is 66.5 Å². The number of hydrogen-bond donors (Lipinski definition) is 20. The molecule has 1 aromatic heterocycles. The summed E-state index contributed by atoms with van der Waals surface area (Å²) < 4.78 is 0. The Morgan fingerprint density at radius 2 is 0.802 bits per heavy atom. The Morgan fingerprint density at radius 3 is 1.25 bits per heavy atom. The number of aromatic nitrogens is 1. The van der Waals surface area contributed by atoms with Crippen LogP contribution in [-0.2, 0) is 88.0 Å². The molecule has 0 aliphatic carbocycles. The number of hydrogen-bond acceptors (Lipinski definition) is 21. The SMILES string of the molecule is C[C@@H](O)[C@@H]1NC(=O)C(CCCCN)NC(=O)[C@H](Cc2c[nH]c3ccccc23)NC(=O)[C@H](Cc2ccccc2)NC(=O)C(Cc2ccccc2)NC(=O)[C@H](CC(N)=O)NC(=O)C(CCCCN)NC(=O)[C@@H](N)CSSC[C@@H](C(=O)O)NC(=O)[C@H](CO)NC(=O)[C@H]([C@@H](C)O)NC(=O)C(Cc2ccccc2)NC1=O. The number of aliphatic hydroxyl groups is 3. The van der Waals surface area contributed by atoms with Crippen molar-refractivity contribution in [2.75, 3.05) is 31.2 Å². The molecular weight excluding hydrogens is 1410 g/mol. The molecule has 2 heterocycles. The van der Waals surface area contributed by atoms with E-state index in [1.807, 2.05) is 0 Å². The summed E-state index contributed by atoms with van der Waals surface area (Å²) in [4.78, 5) is 188. The molecule has 106 heavy (non-hydrogen) atoms. The maximum Gasteiger partial charge on any atom is 0.327 e. The Kier molecular flexibility index (Phi) is 34.8. The Hall–Kier alpha value is -10.0. The third-order valence-corrected chi connectivity index (χ3v) is 19.6. The van der Waals surface area contributed by atoms with E-state index in [9.17, 15) is 68.4 Å². The summed E-state index contributed by atoms with van der Waals surface area (Å²) in [7, 11) is 1.73. The van der Waals surface area contributed by atoms with Crippen LogP contribution >= 0.6 is 21.6 Å². The van der Waals surface area contributed by atoms with Gasteiger partial charge in [0.2, 0.25) is 70.9 Å². The zero-order valence-corrected chi connectivity index (χ0v) is 60.3. The number of H-pyrrole nitrogens is 1. The van der Waals surface area contributed by atoms with Crippen LogP contribution in [0.25, 0.3) is 10.9 Å². The maximum absolute atomic E-state index is 15.3. The highest BCUT2D eigenvalue weighted by molar-refractivity contribution is 8.76. The van der Waals surface area contributed by atoms with Gasteiger partial charge in [-0.1, -0.05) is 131 Å². The molecule has 0 radical (unpaired) electrons. The van der Waals surface area contributed by atoms with Crippen LogP contribution in [0.1, 0.15) is 81.0 Å². The van der Waals surface area contributed by atoms with Gasteiger partial charge >= 0.3 is 5.97 Å². The Bertz CT molecular complexity index is 3790. The Balaban J connectivity index is 1.43. The number of fused-ring (bicyclic) bond motifs is 1. The average molecular weight is 1510 g/mol. The summed E-state index contributed by atoms with van der Waals surface area (Å²) >= 11 is 0. The van der Waals surface area contributed by atoms with E-state index in [0.29, 0.717) is 46.0 Å². The molecule has 4 unspecified atom stereocenters. The average Bonchev–Trinajstić information content (AvgIpc) is 1.53. The lowest BCUT2D eigenvalue weighted by Gasteiger charge is -2.29. The third-order valence-electron chi connectivity index (χ3n) is 17.1. The minimum absolute atomic E-state index is 0.0734. The van der Waals surface area contributed by atoms with Crippen molar-refractivity contribution in [1.29, 1.82) is 0 Å². The number of aliphatic hydroxyl groups excluding tert-OH is 3. The standard InChI is InChI=1S/C71H96N16O17S2/c1-39(89)58-69(101)83-52(32-43-22-10-5-11-23-43)67(99)87-59(40(2)90)70(102)84-55(36-88)68(100)85-56(71(103)104)38-106-105-37-46(74)60(92)77-48(26-14-16-28-72)61(93)82-54(34-57(75)91)66(98)80-50(30-41-18-6-3-7-19-41)63(95)79-51(31-42-20-8-4-9-21-42)64(96)81-53(33-44-35-76-47-25-13-12-24-45(44)47)65(97)78-49(62(94)86-58)27-15-17-29-73/h3-13,18-25,35,39-40,46,48-56,58-59,76,88-90H,14-17,26-34,36-38,72-74H2,1-2H3,(H2,75,91)(H,77,92)(H,78,97)(H,79,95)(H,80,98)(H,81,96)(H,82,93)(H,83,101)(H,84,102)(H,85,100)(H,86,94)(H,87,99)(H,103,104)/t39-,40-,46+,48?,49?,50?,51+,52?,53+,54+,55+,56+,58+,59+/m1/s1. The van der Waals surface area contributed by atoms with E-state index >= 15 is 14.4 Å². The first kappa shape index (κ1) is 84.9. The van der Waals surface area contributed by atoms with Crippen molar-refractivity contribution in [2.24, 2.45) is 22.9 Å². The number of aliphatic carboxylic acids is 1. The number of aromatic amines is 1. The molecule has 0 saturated carbocycles. The van der Waals surface area contributed by atoms with Gasteiger partial charge in [-0.2, -0.15) is 0 Å². The van der Waals surface area contributed by atoms with E-state index in [2.05, 4.69) is 63.5 Å². The van der Waals surface area contributed by atoms with E-state index in [1.165, 1.54) is 0 Å². The molecule has 1 aliphatic rings. The number of amides is 12. The van der Waals surface area contributed by atoms with Gasteiger partial charge in [-0.3, -0.25) is 57.5 Å². The second-order valence-corrected chi connectivity index (χ2v) is 28.1. The van der Waals surface area contributed by atoms with E-state index in [-0.39, 0.29) is 70.2 Å². The molecule has 14 atom stereocenters. The number of rotatable bonds is 22. The fourth-order valence-corrected chi connectivity index (χ4v) is 13.6. The highest BCUT2D eigenvalue weighted by Gasteiger charge is 2.39. The van der Waals surface area contributed by atoms with Gasteiger partial charge in [0, 0.05) is 54.3 Å². The fraction of sp³-hybridized carbons (Fsp3) is 0.451. The molecule has 1 saturated heterocycles. The van der Waals surface area contributed by atoms with Crippen LogP contribution in [0.2, 0.25) is 0 Å². The van der Waals surface area contributed by atoms with Crippen LogP contribution < -0.4 is 81.4 Å². The minimum Gasteiger partial charge on any atom is -0.480 e. The number of unbranched alkanes of at least 4 members (excludes halogenated alkanes) is 2. The summed E-state index contributed by atoms with van der Waals surface area (Å²) in [6.45, 7) is 1.45. The number of para-hydroxylation sites is 1. The van der Waals surface area contributed by atoms with Crippen LogP contribution in [0.4, 0.5) is 0 Å². The first-order chi connectivity index (χ1) is 50.7. The number of carboxylic acids is 1. The van der Waals surface area contributed by atoms with Crippen molar-refractivity contribution in [2.45, 2.75) is 169 Å². The third kappa shape index (κ3) is 27.2. The maximum atomic E-state index is 15.3. The summed E-state index contributed by atoms with van der Waals surface area (Å²) in [6, 6.07) is 12.0. The predicted molar refractivity (Wildman–Crippen MR) is 394 cm³/mol. The summed E-state index contributed by atoms with van der Waals surface area (Å²) in [5.41, 5.74) is 26.3. The Morgan fingerprint density at radius 1 is 0.443 bits per heavy atom. The van der Waals surface area contributed by atoms with Crippen LogP contribution in [0, 0.1) is 0 Å². The lowest BCUT2D eigenvalue weighted by atomic mass is 10.00. The Labute approximate surface area is 619 Å². The number of carbonyl (C=O) groups is 13. The predicted octanol–water partition coefficient (Wildman–Crippen LogP) is -3.53. The van der Waals surface area contributed by atoms with E-state index in [0.717, 1.165) is 35.4 Å². The normalized spacial score (nSPS) is 24.6. The van der Waals surface area contributed by atoms with Gasteiger partial charge < -0.3 is 107 Å². The fourth-order valence-electron chi connectivity index (χ4n) is 11.3. The molecular formula is C71H96N16O17S2. The van der Waals surface area contributed by atoms with Gasteiger partial charge in [-0.25, -0.2) is 4.79 Å². The number of nitrogens with one attached hydrogen (secondary N) is 12. The molecule has 6 rings (SSSR count). The highest BCUT2D eigenvalue weighted by Crippen LogP contribution is 2.24. The van der Waals surface area contributed by atoms with Crippen LogP contribution in [0.3, 0.4) is 0 Å². The quantitative estimate of drug-likeness (QED) is 0.0236. The molecule has 0 spiro atoms. The van der Waals surface area contributed by atoms with Gasteiger partial charge in [-0.15, -0.1) is 0 Å². The largest absolute Gasteiger partial charge is 0.480 e. The van der Waals surface area contributed by atoms with E-state index in [1.54, 1.807) is 121 Å². The number of carbonyl (C=O) groups excluding carboxylic acids is 12. The molecule has 35 heteroatoms. The molecule has 574 valence electrons. The monoisotopic (exact) mass is 1510 g/mol. The minimum atomic E-state index is -1.93. The first-order valence-corrected chi connectivity index (χ1v) is 37.1. The van der Waals surface area contributed by atoms with Crippen LogP contribution in [-0.4, -0.2) is 218 Å². The van der Waals surface area contributed by atoms with Crippen molar-refractivity contribution < 1.29 is 82.8 Å². The highest BCUT2D eigenvalue weighted by atomic mass is 33.1. The van der Waals surface area contributed by atoms with Crippen molar-refractivity contribution >= 4 is 109 Å². The van der Waals surface area contributed by atoms with Gasteiger partial charge in [0.05, 0.1) is 31.3 Å². The first-order valence-electron chi connectivity index (χ1n) is 34.6. The van der Waals surface area contributed by atoms with Gasteiger partial charge in [0.25, 0.3) is 0 Å². The van der Waals surface area contributed by atoms with Crippen LogP contribution in [0.5, 0.6) is 0 Å². The number of nitrogens with two attached hydrogens (primary N) is 4. The van der Waals surface area contributed by atoms with Crippen molar-refractivity contribution in [3.05, 3.63) is 144 Å². The van der Waals surface area contributed by atoms with Gasteiger partial charge in [0.15, 0.2) is 0 Å². The molecule has 12 amide bonds. The van der Waals surface area contributed by atoms with E-state index < -0.39 is 180 Å². The molecule has 5 aromatic rings. The molecule has 24 N–H and O–H groups in total. The zero-order valence-electron chi connectivity index (χ0n) is 58.7. The van der Waals surface area contributed by atoms with Crippen molar-refractivity contribution in [3.8, 4) is 0 Å².